The summed E-state index contributed by atoms with van der Waals surface area (Å²) in [5, 5.41) is 1.15. The minimum atomic E-state index is 0.839. The minimum Gasteiger partial charge on any atom is -0.241 e. The fourth-order valence-corrected chi connectivity index (χ4v) is 1.91. The predicted molar refractivity (Wildman–Crippen MR) is 67.5 cm³/mol. The Hall–Kier alpha value is -1.44. The molecule has 0 saturated heterocycles. The van der Waals surface area contributed by atoms with Crippen LogP contribution in [0.1, 0.15) is 37.6 Å². The lowest BCUT2D eigenvalue weighted by atomic mass is 10.1. The Morgan fingerprint density at radius 3 is 2.88 bits per heavy atom. The van der Waals surface area contributed by atoms with E-state index in [2.05, 4.69) is 35.1 Å². The molecule has 2 nitrogen and oxygen atoms in total. The summed E-state index contributed by atoms with van der Waals surface area (Å²) in [6.07, 6.45) is 6.94. The molecule has 2 aromatic rings. The Bertz CT molecular complexity index is 477. The lowest BCUT2D eigenvalue weighted by Gasteiger charge is -2.03. The maximum atomic E-state index is 4.40. The van der Waals surface area contributed by atoms with Crippen molar-refractivity contribution in [2.75, 3.05) is 0 Å². The Morgan fingerprint density at radius 1 is 1.19 bits per heavy atom. The van der Waals surface area contributed by atoms with Gasteiger partial charge in [0.05, 0.1) is 5.52 Å². The number of benzene rings is 1. The van der Waals surface area contributed by atoms with Crippen LogP contribution in [0.3, 0.4) is 0 Å². The van der Waals surface area contributed by atoms with E-state index in [0.717, 1.165) is 23.1 Å². The van der Waals surface area contributed by atoms with E-state index in [1.165, 1.54) is 24.8 Å². The molecule has 0 aliphatic rings. The highest BCUT2D eigenvalue weighted by Gasteiger charge is 1.99. The van der Waals surface area contributed by atoms with Crippen LogP contribution in [-0.4, -0.2) is 9.97 Å². The molecule has 0 saturated carbocycles. The zero-order chi connectivity index (χ0) is 11.4. The van der Waals surface area contributed by atoms with Gasteiger partial charge in [-0.15, -0.1) is 0 Å². The Labute approximate surface area is 96.7 Å². The van der Waals surface area contributed by atoms with Gasteiger partial charge in [0, 0.05) is 11.6 Å². The van der Waals surface area contributed by atoms with Gasteiger partial charge in [0.25, 0.3) is 0 Å². The molecule has 0 amide bonds. The van der Waals surface area contributed by atoms with E-state index in [9.17, 15) is 0 Å². The first-order valence-electron chi connectivity index (χ1n) is 6.02. The number of fused-ring (bicyclic) bond motifs is 1. The smallest absolute Gasteiger partial charge is 0.125 e. The first-order chi connectivity index (χ1) is 7.79. The highest BCUT2D eigenvalue weighted by molar-refractivity contribution is 5.78. The molecule has 0 spiro atoms. The summed E-state index contributed by atoms with van der Waals surface area (Å²) in [7, 11) is 0. The highest BCUT2D eigenvalue weighted by atomic mass is 14.9. The lowest BCUT2D eigenvalue weighted by Crippen LogP contribution is -1.90. The molecular formula is C14H18N2. The van der Waals surface area contributed by atoms with Crippen molar-refractivity contribution in [1.82, 2.24) is 9.97 Å². The zero-order valence-electron chi connectivity index (χ0n) is 10.0. The molecule has 2 heteroatoms. The van der Waals surface area contributed by atoms with Crippen molar-refractivity contribution in [1.29, 1.82) is 0 Å². The second-order valence-electron chi connectivity index (χ2n) is 4.27. The van der Waals surface area contributed by atoms with E-state index in [4.69, 9.17) is 0 Å². The molecule has 0 radical (unpaired) electrons. The van der Waals surface area contributed by atoms with Crippen molar-refractivity contribution in [3.63, 3.8) is 0 Å². The number of aryl methyl sites for hydroxylation is 2. The van der Waals surface area contributed by atoms with Crippen LogP contribution in [0.5, 0.6) is 0 Å². The Balaban J connectivity index is 2.20. The molecule has 0 bridgehead atoms. The molecule has 0 aliphatic heterocycles. The fraction of sp³-hybridized carbons (Fsp3) is 0.429. The largest absolute Gasteiger partial charge is 0.241 e. The number of hydrogen-bond acceptors (Lipinski definition) is 2. The van der Waals surface area contributed by atoms with Crippen LogP contribution in [-0.2, 0) is 6.42 Å². The summed E-state index contributed by atoms with van der Waals surface area (Å²) in [6.45, 7) is 4.16. The summed E-state index contributed by atoms with van der Waals surface area (Å²) in [6, 6.07) is 6.50. The van der Waals surface area contributed by atoms with E-state index in [0.29, 0.717) is 0 Å². The molecule has 1 aromatic heterocycles. The summed E-state index contributed by atoms with van der Waals surface area (Å²) in [5.74, 6) is 0.839. The SMILES string of the molecule is CCCCCc1ccc2nc(C)ncc2c1. The Morgan fingerprint density at radius 2 is 2.06 bits per heavy atom. The van der Waals surface area contributed by atoms with E-state index >= 15 is 0 Å². The molecule has 0 unspecified atom stereocenters. The molecule has 1 heterocycles. The first kappa shape index (κ1) is 11.1. The van der Waals surface area contributed by atoms with Crippen LogP contribution >= 0.6 is 0 Å². The number of unbranched alkanes of at least 4 members (excludes halogenated alkanes) is 2. The van der Waals surface area contributed by atoms with Crippen LogP contribution < -0.4 is 0 Å². The molecule has 1 aromatic carbocycles. The maximum absolute atomic E-state index is 4.40. The van der Waals surface area contributed by atoms with E-state index in [1.54, 1.807) is 0 Å². The average Bonchev–Trinajstić information content (AvgIpc) is 2.29. The first-order valence-corrected chi connectivity index (χ1v) is 6.02. The van der Waals surface area contributed by atoms with E-state index in [-0.39, 0.29) is 0 Å². The lowest BCUT2D eigenvalue weighted by molar-refractivity contribution is 0.718. The maximum Gasteiger partial charge on any atom is 0.125 e. The van der Waals surface area contributed by atoms with Gasteiger partial charge >= 0.3 is 0 Å². The summed E-state index contributed by atoms with van der Waals surface area (Å²) < 4.78 is 0. The molecule has 84 valence electrons. The van der Waals surface area contributed by atoms with E-state index < -0.39 is 0 Å². The van der Waals surface area contributed by atoms with Gasteiger partial charge < -0.3 is 0 Å². The van der Waals surface area contributed by atoms with Gasteiger partial charge in [-0.05, 0) is 37.5 Å². The minimum absolute atomic E-state index is 0.839. The molecule has 0 fully saturated rings. The van der Waals surface area contributed by atoms with Gasteiger partial charge in [-0.25, -0.2) is 9.97 Å². The van der Waals surface area contributed by atoms with Crippen molar-refractivity contribution >= 4 is 10.9 Å². The highest BCUT2D eigenvalue weighted by Crippen LogP contribution is 2.15. The molecule has 0 N–H and O–H groups in total. The molecule has 2 rings (SSSR count). The second kappa shape index (κ2) is 5.06. The third-order valence-electron chi connectivity index (χ3n) is 2.83. The van der Waals surface area contributed by atoms with Gasteiger partial charge in [-0.1, -0.05) is 25.8 Å². The molecule has 0 atom stereocenters. The number of nitrogens with zero attached hydrogens (tertiary/aromatic N) is 2. The summed E-state index contributed by atoms with van der Waals surface area (Å²) in [5.41, 5.74) is 2.44. The van der Waals surface area contributed by atoms with Crippen LogP contribution in [0.2, 0.25) is 0 Å². The van der Waals surface area contributed by atoms with Gasteiger partial charge in [-0.2, -0.15) is 0 Å². The van der Waals surface area contributed by atoms with Crippen LogP contribution in [0.15, 0.2) is 24.4 Å². The van der Waals surface area contributed by atoms with Crippen molar-refractivity contribution in [3.8, 4) is 0 Å². The second-order valence-corrected chi connectivity index (χ2v) is 4.27. The van der Waals surface area contributed by atoms with Crippen molar-refractivity contribution < 1.29 is 0 Å². The normalized spacial score (nSPS) is 10.9. The molecular weight excluding hydrogens is 196 g/mol. The van der Waals surface area contributed by atoms with Gasteiger partial charge in [-0.3, -0.25) is 0 Å². The quantitative estimate of drug-likeness (QED) is 0.726. The third kappa shape index (κ3) is 2.57. The number of rotatable bonds is 4. The zero-order valence-corrected chi connectivity index (χ0v) is 10.0. The predicted octanol–water partition coefficient (Wildman–Crippen LogP) is 3.67. The monoisotopic (exact) mass is 214 g/mol. The third-order valence-corrected chi connectivity index (χ3v) is 2.83. The fourth-order valence-electron chi connectivity index (χ4n) is 1.91. The number of hydrogen-bond donors (Lipinski definition) is 0. The van der Waals surface area contributed by atoms with Gasteiger partial charge in [0.2, 0.25) is 0 Å². The van der Waals surface area contributed by atoms with Crippen LogP contribution in [0.4, 0.5) is 0 Å². The van der Waals surface area contributed by atoms with Crippen LogP contribution in [0.25, 0.3) is 10.9 Å². The van der Waals surface area contributed by atoms with Crippen molar-refractivity contribution in [2.24, 2.45) is 0 Å². The Kier molecular flexibility index (Phi) is 3.50. The summed E-state index contributed by atoms with van der Waals surface area (Å²) in [4.78, 5) is 8.64. The van der Waals surface area contributed by atoms with Crippen LogP contribution in [0, 0.1) is 6.92 Å². The van der Waals surface area contributed by atoms with Gasteiger partial charge in [0.1, 0.15) is 5.82 Å². The molecule has 16 heavy (non-hydrogen) atoms. The topological polar surface area (TPSA) is 25.8 Å². The van der Waals surface area contributed by atoms with Crippen molar-refractivity contribution in [3.05, 3.63) is 35.8 Å². The van der Waals surface area contributed by atoms with Crippen molar-refractivity contribution in [2.45, 2.75) is 39.5 Å². The number of aromatic nitrogens is 2. The van der Waals surface area contributed by atoms with Gasteiger partial charge in [0.15, 0.2) is 0 Å². The molecule has 0 aliphatic carbocycles. The summed E-state index contributed by atoms with van der Waals surface area (Å²) >= 11 is 0. The average molecular weight is 214 g/mol. The van der Waals surface area contributed by atoms with E-state index in [1.807, 2.05) is 13.1 Å². The standard InChI is InChI=1S/C14H18N2/c1-3-4-5-6-12-7-8-14-13(9-12)10-15-11(2)16-14/h7-10H,3-6H2,1-2H3.